The number of aliphatic carboxylic acids is 1. The zero-order valence-corrected chi connectivity index (χ0v) is 15.3. The molecule has 0 aromatic heterocycles. The summed E-state index contributed by atoms with van der Waals surface area (Å²) in [6.07, 6.45) is 1.57. The van der Waals surface area contributed by atoms with Crippen molar-refractivity contribution in [3.05, 3.63) is 33.8 Å². The number of carbonyl (C=O) groups excluding carboxylic acids is 1. The molecule has 0 spiro atoms. The Balaban J connectivity index is 1.63. The largest absolute Gasteiger partial charge is 0.481 e. The third-order valence-electron chi connectivity index (χ3n) is 5.34. The fraction of sp³-hybridized carbons (Fsp3) is 0.556. The molecular formula is C18H22BrNO4. The van der Waals surface area contributed by atoms with Gasteiger partial charge >= 0.3 is 5.97 Å². The van der Waals surface area contributed by atoms with Gasteiger partial charge in [-0.3, -0.25) is 9.59 Å². The Labute approximate surface area is 150 Å². The fourth-order valence-corrected chi connectivity index (χ4v) is 4.01. The number of likely N-dealkylation sites (tertiary alicyclic amines) is 1. The Morgan fingerprint density at radius 2 is 2.25 bits per heavy atom. The second-order valence-corrected chi connectivity index (χ2v) is 7.70. The number of carboxylic acids is 1. The van der Waals surface area contributed by atoms with Crippen molar-refractivity contribution in [2.75, 3.05) is 26.3 Å². The van der Waals surface area contributed by atoms with E-state index in [0.29, 0.717) is 45.6 Å². The van der Waals surface area contributed by atoms with Crippen molar-refractivity contribution in [1.29, 1.82) is 0 Å². The van der Waals surface area contributed by atoms with Crippen LogP contribution in [-0.4, -0.2) is 48.2 Å². The number of halogens is 1. The number of amides is 1. The number of carboxylic acid groups (broad SMARTS) is 1. The van der Waals surface area contributed by atoms with E-state index < -0.39 is 11.4 Å². The van der Waals surface area contributed by atoms with Crippen molar-refractivity contribution in [2.45, 2.75) is 26.2 Å². The van der Waals surface area contributed by atoms with Crippen LogP contribution in [0.25, 0.3) is 0 Å². The number of nitrogens with zero attached hydrogens (tertiary/aromatic N) is 1. The summed E-state index contributed by atoms with van der Waals surface area (Å²) < 4.78 is 6.49. The SMILES string of the molecule is Cc1cc(CCC(=O)N2C[C@H]3COCC[C@@]3(C(=O)O)C2)ccc1Br. The number of hydrogen-bond donors (Lipinski definition) is 1. The molecule has 0 unspecified atom stereocenters. The van der Waals surface area contributed by atoms with E-state index in [4.69, 9.17) is 4.74 Å². The summed E-state index contributed by atoms with van der Waals surface area (Å²) in [5.74, 6) is -0.858. The van der Waals surface area contributed by atoms with Gasteiger partial charge in [0.05, 0.1) is 12.0 Å². The molecule has 2 aliphatic rings. The zero-order chi connectivity index (χ0) is 17.3. The van der Waals surface area contributed by atoms with Crippen LogP contribution in [0.5, 0.6) is 0 Å². The first kappa shape index (κ1) is 17.4. The average Bonchev–Trinajstić information content (AvgIpc) is 2.97. The van der Waals surface area contributed by atoms with Gasteiger partial charge in [-0.2, -0.15) is 0 Å². The predicted molar refractivity (Wildman–Crippen MR) is 92.8 cm³/mol. The summed E-state index contributed by atoms with van der Waals surface area (Å²) in [5.41, 5.74) is 1.45. The van der Waals surface area contributed by atoms with Crippen LogP contribution in [0.2, 0.25) is 0 Å². The van der Waals surface area contributed by atoms with Crippen LogP contribution in [0.3, 0.4) is 0 Å². The van der Waals surface area contributed by atoms with Gasteiger partial charge in [0.15, 0.2) is 0 Å². The molecule has 0 bridgehead atoms. The van der Waals surface area contributed by atoms with Crippen LogP contribution in [-0.2, 0) is 20.7 Å². The minimum atomic E-state index is -0.817. The molecule has 0 saturated carbocycles. The Morgan fingerprint density at radius 1 is 1.46 bits per heavy atom. The molecule has 6 heteroatoms. The van der Waals surface area contributed by atoms with Crippen LogP contribution >= 0.6 is 15.9 Å². The topological polar surface area (TPSA) is 66.8 Å². The number of rotatable bonds is 4. The quantitative estimate of drug-likeness (QED) is 0.850. The Bertz CT molecular complexity index is 662. The van der Waals surface area contributed by atoms with Crippen molar-refractivity contribution in [1.82, 2.24) is 4.90 Å². The number of benzene rings is 1. The summed E-state index contributed by atoms with van der Waals surface area (Å²) in [6, 6.07) is 6.09. The molecule has 0 aliphatic carbocycles. The lowest BCUT2D eigenvalue weighted by Crippen LogP contribution is -2.45. The van der Waals surface area contributed by atoms with Crippen LogP contribution in [0, 0.1) is 18.3 Å². The average molecular weight is 396 g/mol. The molecule has 5 nitrogen and oxygen atoms in total. The Hall–Kier alpha value is -1.40. The van der Waals surface area contributed by atoms with Crippen LogP contribution in [0.4, 0.5) is 0 Å². The Morgan fingerprint density at radius 3 is 2.92 bits per heavy atom. The first-order chi connectivity index (χ1) is 11.4. The first-order valence-electron chi connectivity index (χ1n) is 8.26. The minimum Gasteiger partial charge on any atom is -0.481 e. The molecule has 1 aromatic carbocycles. The number of carbonyl (C=O) groups is 2. The highest BCUT2D eigenvalue weighted by Gasteiger charge is 2.54. The number of aryl methyl sites for hydroxylation is 2. The van der Waals surface area contributed by atoms with Crippen LogP contribution in [0.15, 0.2) is 22.7 Å². The molecule has 24 heavy (non-hydrogen) atoms. The van der Waals surface area contributed by atoms with E-state index in [1.165, 1.54) is 0 Å². The molecule has 3 rings (SSSR count). The predicted octanol–water partition coefficient (Wildman–Crippen LogP) is 2.64. The summed E-state index contributed by atoms with van der Waals surface area (Å²) in [7, 11) is 0. The van der Waals surface area contributed by atoms with E-state index in [-0.39, 0.29) is 11.8 Å². The Kier molecular flexibility index (Phi) is 4.97. The highest BCUT2D eigenvalue weighted by atomic mass is 79.9. The van der Waals surface area contributed by atoms with Crippen LogP contribution < -0.4 is 0 Å². The summed E-state index contributed by atoms with van der Waals surface area (Å²) in [5, 5.41) is 9.67. The van der Waals surface area contributed by atoms with E-state index in [1.54, 1.807) is 4.90 Å². The van der Waals surface area contributed by atoms with E-state index in [2.05, 4.69) is 22.0 Å². The first-order valence-corrected chi connectivity index (χ1v) is 9.05. The maximum atomic E-state index is 12.6. The highest BCUT2D eigenvalue weighted by Crippen LogP contribution is 2.42. The molecule has 2 saturated heterocycles. The number of fused-ring (bicyclic) bond motifs is 1. The second kappa shape index (κ2) is 6.84. The second-order valence-electron chi connectivity index (χ2n) is 6.84. The molecular weight excluding hydrogens is 374 g/mol. The number of ether oxygens (including phenoxy) is 1. The molecule has 2 fully saturated rings. The van der Waals surface area contributed by atoms with Crippen molar-refractivity contribution in [3.63, 3.8) is 0 Å². The summed E-state index contributed by atoms with van der Waals surface area (Å²) >= 11 is 3.48. The van der Waals surface area contributed by atoms with Gasteiger partial charge in [-0.1, -0.05) is 28.1 Å². The lowest BCUT2D eigenvalue weighted by atomic mass is 9.74. The van der Waals surface area contributed by atoms with E-state index >= 15 is 0 Å². The lowest BCUT2D eigenvalue weighted by molar-refractivity contribution is -0.157. The number of hydrogen-bond acceptors (Lipinski definition) is 3. The molecule has 1 aromatic rings. The van der Waals surface area contributed by atoms with Gasteiger partial charge in [-0.25, -0.2) is 0 Å². The standard InChI is InChI=1S/C18H22BrNO4/c1-12-8-13(2-4-15(12)19)3-5-16(21)20-9-14-10-24-7-6-18(14,11-20)17(22)23/h2,4,8,14H,3,5-7,9-11H2,1H3,(H,22,23)/t14-,18+/m0/s1. The zero-order valence-electron chi connectivity index (χ0n) is 13.8. The third-order valence-corrected chi connectivity index (χ3v) is 6.23. The molecule has 1 N–H and O–H groups in total. The highest BCUT2D eigenvalue weighted by molar-refractivity contribution is 9.10. The smallest absolute Gasteiger partial charge is 0.311 e. The van der Waals surface area contributed by atoms with Gasteiger partial charge in [0, 0.05) is 36.5 Å². The van der Waals surface area contributed by atoms with Gasteiger partial charge < -0.3 is 14.7 Å². The molecule has 130 valence electrons. The van der Waals surface area contributed by atoms with Crippen molar-refractivity contribution in [2.24, 2.45) is 11.3 Å². The van der Waals surface area contributed by atoms with E-state index in [1.807, 2.05) is 19.1 Å². The van der Waals surface area contributed by atoms with Crippen molar-refractivity contribution in [3.8, 4) is 0 Å². The van der Waals surface area contributed by atoms with Gasteiger partial charge in [0.25, 0.3) is 0 Å². The van der Waals surface area contributed by atoms with Crippen LogP contribution in [0.1, 0.15) is 24.0 Å². The molecule has 2 atom stereocenters. The molecule has 2 heterocycles. The maximum Gasteiger partial charge on any atom is 0.311 e. The third kappa shape index (κ3) is 3.22. The minimum absolute atomic E-state index is 0.0330. The van der Waals surface area contributed by atoms with Gasteiger partial charge in [0.2, 0.25) is 5.91 Å². The molecule has 0 radical (unpaired) electrons. The normalized spacial score (nSPS) is 26.2. The lowest BCUT2D eigenvalue weighted by Gasteiger charge is -2.33. The summed E-state index contributed by atoms with van der Waals surface area (Å²) in [4.78, 5) is 26.1. The summed E-state index contributed by atoms with van der Waals surface area (Å²) in [6.45, 7) is 3.72. The molecule has 2 aliphatic heterocycles. The van der Waals surface area contributed by atoms with E-state index in [0.717, 1.165) is 15.6 Å². The van der Waals surface area contributed by atoms with E-state index in [9.17, 15) is 14.7 Å². The van der Waals surface area contributed by atoms with Gasteiger partial charge in [-0.15, -0.1) is 0 Å². The van der Waals surface area contributed by atoms with Crippen molar-refractivity contribution >= 4 is 27.8 Å². The monoisotopic (exact) mass is 395 g/mol. The van der Waals surface area contributed by atoms with Gasteiger partial charge in [-0.05, 0) is 37.0 Å². The maximum absolute atomic E-state index is 12.6. The van der Waals surface area contributed by atoms with Gasteiger partial charge in [0.1, 0.15) is 0 Å². The van der Waals surface area contributed by atoms with Crippen molar-refractivity contribution < 1.29 is 19.4 Å². The molecule has 1 amide bonds. The fourth-order valence-electron chi connectivity index (χ4n) is 3.76.